The molecule has 0 atom stereocenters. The number of aromatic carboxylic acids is 1. The van der Waals surface area contributed by atoms with E-state index < -0.39 is 5.97 Å². The minimum atomic E-state index is -0.913. The smallest absolute Gasteiger partial charge is 0.337 e. The summed E-state index contributed by atoms with van der Waals surface area (Å²) in [4.78, 5) is 15.1. The SMILES string of the molecule is Cc1cccc(C(=O)O)c1NCCn1ccnc1. The predicted octanol–water partition coefficient (Wildman–Crippen LogP) is 2.00. The van der Waals surface area contributed by atoms with Crippen molar-refractivity contribution in [3.05, 3.63) is 48.0 Å². The average molecular weight is 245 g/mol. The minimum Gasteiger partial charge on any atom is -0.478 e. The number of nitrogens with zero attached hydrogens (tertiary/aromatic N) is 2. The van der Waals surface area contributed by atoms with Gasteiger partial charge in [-0.05, 0) is 18.6 Å². The number of carboxylic acids is 1. The molecule has 0 saturated heterocycles. The maximum Gasteiger partial charge on any atom is 0.337 e. The summed E-state index contributed by atoms with van der Waals surface area (Å²) in [6.07, 6.45) is 5.33. The Morgan fingerprint density at radius 3 is 3.00 bits per heavy atom. The Morgan fingerprint density at radius 1 is 1.50 bits per heavy atom. The summed E-state index contributed by atoms with van der Waals surface area (Å²) < 4.78 is 1.94. The molecule has 0 saturated carbocycles. The lowest BCUT2D eigenvalue weighted by molar-refractivity contribution is 0.0698. The van der Waals surface area contributed by atoms with Crippen LogP contribution in [0, 0.1) is 6.92 Å². The second kappa shape index (κ2) is 5.35. The zero-order chi connectivity index (χ0) is 13.0. The van der Waals surface area contributed by atoms with Crippen LogP contribution in [0.1, 0.15) is 15.9 Å². The quantitative estimate of drug-likeness (QED) is 0.845. The molecule has 0 radical (unpaired) electrons. The molecule has 5 nitrogen and oxygen atoms in total. The predicted molar refractivity (Wildman–Crippen MR) is 68.9 cm³/mol. The van der Waals surface area contributed by atoms with Gasteiger partial charge in [0.2, 0.25) is 0 Å². The summed E-state index contributed by atoms with van der Waals surface area (Å²) in [6.45, 7) is 3.29. The molecule has 0 aliphatic heterocycles. The molecule has 0 bridgehead atoms. The maximum absolute atomic E-state index is 11.1. The third-order valence-electron chi connectivity index (χ3n) is 2.73. The van der Waals surface area contributed by atoms with E-state index in [-0.39, 0.29) is 0 Å². The molecule has 1 aromatic carbocycles. The molecule has 2 aromatic rings. The molecule has 2 rings (SSSR count). The van der Waals surface area contributed by atoms with E-state index >= 15 is 0 Å². The highest BCUT2D eigenvalue weighted by atomic mass is 16.4. The van der Waals surface area contributed by atoms with Gasteiger partial charge in [0.1, 0.15) is 0 Å². The fourth-order valence-electron chi connectivity index (χ4n) is 1.81. The summed E-state index contributed by atoms with van der Waals surface area (Å²) in [7, 11) is 0. The Bertz CT molecular complexity index is 535. The third kappa shape index (κ3) is 2.68. The molecular weight excluding hydrogens is 230 g/mol. The Balaban J connectivity index is 2.06. The number of hydrogen-bond donors (Lipinski definition) is 2. The van der Waals surface area contributed by atoms with Crippen LogP contribution in [0.5, 0.6) is 0 Å². The Kier molecular flexibility index (Phi) is 3.62. The number of aromatic nitrogens is 2. The van der Waals surface area contributed by atoms with Crippen molar-refractivity contribution in [3.8, 4) is 0 Å². The van der Waals surface area contributed by atoms with E-state index in [1.54, 1.807) is 24.7 Å². The number of hydrogen-bond acceptors (Lipinski definition) is 3. The van der Waals surface area contributed by atoms with Crippen molar-refractivity contribution in [3.63, 3.8) is 0 Å². The highest BCUT2D eigenvalue weighted by molar-refractivity contribution is 5.95. The van der Waals surface area contributed by atoms with Crippen LogP contribution in [-0.2, 0) is 6.54 Å². The topological polar surface area (TPSA) is 67.2 Å². The second-order valence-electron chi connectivity index (χ2n) is 4.03. The summed E-state index contributed by atoms with van der Waals surface area (Å²) in [5.74, 6) is -0.913. The summed E-state index contributed by atoms with van der Waals surface area (Å²) in [6, 6.07) is 5.25. The van der Waals surface area contributed by atoms with Gasteiger partial charge in [-0.1, -0.05) is 12.1 Å². The molecule has 0 spiro atoms. The Morgan fingerprint density at radius 2 is 2.33 bits per heavy atom. The highest BCUT2D eigenvalue weighted by Crippen LogP contribution is 2.20. The molecule has 1 aromatic heterocycles. The molecule has 5 heteroatoms. The van der Waals surface area contributed by atoms with Crippen molar-refractivity contribution in [2.45, 2.75) is 13.5 Å². The molecule has 0 amide bonds. The van der Waals surface area contributed by atoms with Gasteiger partial charge in [-0.2, -0.15) is 0 Å². The lowest BCUT2D eigenvalue weighted by Gasteiger charge is -2.12. The minimum absolute atomic E-state index is 0.306. The molecule has 2 N–H and O–H groups in total. The van der Waals surface area contributed by atoms with Crippen molar-refractivity contribution in [1.82, 2.24) is 9.55 Å². The van der Waals surface area contributed by atoms with Gasteiger partial charge in [0.15, 0.2) is 0 Å². The molecule has 0 aliphatic rings. The fraction of sp³-hybridized carbons (Fsp3) is 0.231. The van der Waals surface area contributed by atoms with E-state index in [4.69, 9.17) is 5.11 Å². The Labute approximate surface area is 105 Å². The van der Waals surface area contributed by atoms with Crippen molar-refractivity contribution in [2.75, 3.05) is 11.9 Å². The lowest BCUT2D eigenvalue weighted by atomic mass is 10.1. The Hall–Kier alpha value is -2.30. The molecule has 0 unspecified atom stereocenters. The van der Waals surface area contributed by atoms with E-state index in [1.165, 1.54) is 0 Å². The van der Waals surface area contributed by atoms with Crippen LogP contribution in [-0.4, -0.2) is 27.2 Å². The number of aryl methyl sites for hydroxylation is 1. The number of carboxylic acid groups (broad SMARTS) is 1. The number of carbonyl (C=O) groups is 1. The number of rotatable bonds is 5. The zero-order valence-electron chi connectivity index (χ0n) is 10.1. The van der Waals surface area contributed by atoms with Gasteiger partial charge >= 0.3 is 5.97 Å². The number of nitrogens with one attached hydrogen (secondary N) is 1. The van der Waals surface area contributed by atoms with E-state index in [1.807, 2.05) is 23.8 Å². The zero-order valence-corrected chi connectivity index (χ0v) is 10.1. The van der Waals surface area contributed by atoms with Crippen LogP contribution in [0.4, 0.5) is 5.69 Å². The molecule has 0 fully saturated rings. The number of para-hydroxylation sites is 1. The first-order valence-corrected chi connectivity index (χ1v) is 5.71. The molecular formula is C13H15N3O2. The van der Waals surface area contributed by atoms with Gasteiger partial charge in [-0.15, -0.1) is 0 Å². The van der Waals surface area contributed by atoms with Crippen LogP contribution >= 0.6 is 0 Å². The summed E-state index contributed by atoms with van der Waals surface area (Å²) in [5, 5.41) is 12.3. The van der Waals surface area contributed by atoms with E-state index in [0.717, 1.165) is 12.1 Å². The number of anilines is 1. The number of imidazole rings is 1. The maximum atomic E-state index is 11.1. The van der Waals surface area contributed by atoms with Gasteiger partial charge in [-0.25, -0.2) is 9.78 Å². The average Bonchev–Trinajstić information content (AvgIpc) is 2.84. The summed E-state index contributed by atoms with van der Waals surface area (Å²) in [5.41, 5.74) is 1.92. The fourth-order valence-corrected chi connectivity index (χ4v) is 1.81. The van der Waals surface area contributed by atoms with Gasteiger partial charge in [0, 0.05) is 25.5 Å². The highest BCUT2D eigenvalue weighted by Gasteiger charge is 2.10. The van der Waals surface area contributed by atoms with Crippen molar-refractivity contribution < 1.29 is 9.90 Å². The van der Waals surface area contributed by atoms with Crippen LogP contribution in [0.25, 0.3) is 0 Å². The second-order valence-corrected chi connectivity index (χ2v) is 4.03. The van der Waals surface area contributed by atoms with E-state index in [2.05, 4.69) is 10.3 Å². The van der Waals surface area contributed by atoms with Crippen LogP contribution in [0.3, 0.4) is 0 Å². The monoisotopic (exact) mass is 245 g/mol. The first kappa shape index (κ1) is 12.2. The number of benzene rings is 1. The largest absolute Gasteiger partial charge is 0.478 e. The molecule has 0 aliphatic carbocycles. The van der Waals surface area contributed by atoms with E-state index in [9.17, 15) is 4.79 Å². The molecule has 1 heterocycles. The summed E-state index contributed by atoms with van der Waals surface area (Å²) >= 11 is 0. The molecule has 94 valence electrons. The van der Waals surface area contributed by atoms with Crippen molar-refractivity contribution in [2.24, 2.45) is 0 Å². The van der Waals surface area contributed by atoms with Crippen LogP contribution < -0.4 is 5.32 Å². The lowest BCUT2D eigenvalue weighted by Crippen LogP contribution is -2.13. The van der Waals surface area contributed by atoms with Crippen molar-refractivity contribution >= 4 is 11.7 Å². The van der Waals surface area contributed by atoms with Crippen LogP contribution in [0.15, 0.2) is 36.9 Å². The normalized spacial score (nSPS) is 10.3. The van der Waals surface area contributed by atoms with Gasteiger partial charge in [-0.3, -0.25) is 0 Å². The van der Waals surface area contributed by atoms with Gasteiger partial charge in [0.05, 0.1) is 17.6 Å². The standard InChI is InChI=1S/C13H15N3O2/c1-10-3-2-4-11(13(17)18)12(10)15-6-8-16-7-5-14-9-16/h2-5,7,9,15H,6,8H2,1H3,(H,17,18). The third-order valence-corrected chi connectivity index (χ3v) is 2.73. The first-order chi connectivity index (χ1) is 8.68. The van der Waals surface area contributed by atoms with Crippen LogP contribution in [0.2, 0.25) is 0 Å². The first-order valence-electron chi connectivity index (χ1n) is 5.71. The van der Waals surface area contributed by atoms with Gasteiger partial charge < -0.3 is 15.0 Å². The van der Waals surface area contributed by atoms with Crippen molar-refractivity contribution in [1.29, 1.82) is 0 Å². The molecule has 18 heavy (non-hydrogen) atoms. The van der Waals surface area contributed by atoms with Gasteiger partial charge in [0.25, 0.3) is 0 Å². The van der Waals surface area contributed by atoms with E-state index in [0.29, 0.717) is 17.8 Å².